The van der Waals surface area contributed by atoms with Crippen molar-refractivity contribution < 1.29 is 4.79 Å². The molecule has 1 aromatic carbocycles. The van der Waals surface area contributed by atoms with Crippen molar-refractivity contribution >= 4 is 21.8 Å². The molecule has 1 aromatic rings. The topological polar surface area (TPSA) is 32.3 Å². The molecule has 1 aliphatic heterocycles. The van der Waals surface area contributed by atoms with E-state index in [1.807, 2.05) is 37.1 Å². The number of halogens is 1. The number of carbonyl (C=O) groups is 1. The largest absolute Gasteiger partial charge is 0.337 e. The lowest BCUT2D eigenvalue weighted by atomic mass is 10.1. The summed E-state index contributed by atoms with van der Waals surface area (Å²) < 4.78 is 0.876. The van der Waals surface area contributed by atoms with Crippen LogP contribution in [0, 0.1) is 6.92 Å². The molecule has 3 nitrogen and oxygen atoms in total. The smallest absolute Gasteiger partial charge is 0.255 e. The van der Waals surface area contributed by atoms with Gasteiger partial charge in [-0.2, -0.15) is 0 Å². The molecule has 0 aliphatic carbocycles. The Morgan fingerprint density at radius 1 is 1.53 bits per heavy atom. The van der Waals surface area contributed by atoms with E-state index in [2.05, 4.69) is 21.2 Å². The van der Waals surface area contributed by atoms with Gasteiger partial charge in [-0.25, -0.2) is 0 Å². The lowest BCUT2D eigenvalue weighted by Crippen LogP contribution is -2.33. The van der Waals surface area contributed by atoms with Crippen LogP contribution in [0.3, 0.4) is 0 Å². The number of amides is 1. The quantitative estimate of drug-likeness (QED) is 0.907. The van der Waals surface area contributed by atoms with Crippen molar-refractivity contribution in [2.75, 3.05) is 20.1 Å². The lowest BCUT2D eigenvalue weighted by molar-refractivity contribution is 0.0788. The molecule has 1 fully saturated rings. The van der Waals surface area contributed by atoms with Gasteiger partial charge in [-0.1, -0.05) is 11.6 Å². The lowest BCUT2D eigenvalue weighted by Gasteiger charge is -2.17. The molecule has 1 amide bonds. The fourth-order valence-corrected chi connectivity index (χ4v) is 2.57. The van der Waals surface area contributed by atoms with Crippen molar-refractivity contribution in [2.45, 2.75) is 19.4 Å². The molecule has 4 heteroatoms. The fourth-order valence-electron chi connectivity index (χ4n) is 2.15. The van der Waals surface area contributed by atoms with Gasteiger partial charge in [0.2, 0.25) is 0 Å². The average molecular weight is 297 g/mol. The number of benzene rings is 1. The van der Waals surface area contributed by atoms with Crippen molar-refractivity contribution in [3.8, 4) is 0 Å². The van der Waals surface area contributed by atoms with Crippen LogP contribution in [-0.4, -0.2) is 37.0 Å². The van der Waals surface area contributed by atoms with E-state index in [0.29, 0.717) is 6.04 Å². The summed E-state index contributed by atoms with van der Waals surface area (Å²) in [7, 11) is 1.95. The van der Waals surface area contributed by atoms with Gasteiger partial charge in [0.1, 0.15) is 0 Å². The maximum atomic E-state index is 12.3. The zero-order chi connectivity index (χ0) is 12.4. The molecule has 1 saturated heterocycles. The molecule has 0 radical (unpaired) electrons. The van der Waals surface area contributed by atoms with Gasteiger partial charge in [0.05, 0.1) is 5.56 Å². The highest BCUT2D eigenvalue weighted by molar-refractivity contribution is 9.10. The third-order valence-electron chi connectivity index (χ3n) is 3.24. The monoisotopic (exact) mass is 296 g/mol. The van der Waals surface area contributed by atoms with Crippen LogP contribution >= 0.6 is 15.9 Å². The molecule has 0 bridgehead atoms. The van der Waals surface area contributed by atoms with Gasteiger partial charge in [0, 0.05) is 23.6 Å². The van der Waals surface area contributed by atoms with E-state index in [1.165, 1.54) is 0 Å². The molecule has 2 rings (SSSR count). The summed E-state index contributed by atoms with van der Waals surface area (Å²) >= 11 is 3.45. The molecule has 1 atom stereocenters. The summed E-state index contributed by atoms with van der Waals surface area (Å²) in [5.41, 5.74) is 1.88. The van der Waals surface area contributed by atoms with Crippen LogP contribution in [-0.2, 0) is 0 Å². The number of likely N-dealkylation sites (N-methyl/N-ethyl adjacent to an activating group) is 1. The molecule has 1 N–H and O–H groups in total. The van der Waals surface area contributed by atoms with Gasteiger partial charge in [0.15, 0.2) is 0 Å². The first kappa shape index (κ1) is 12.6. The minimum Gasteiger partial charge on any atom is -0.337 e. The zero-order valence-corrected chi connectivity index (χ0v) is 11.8. The van der Waals surface area contributed by atoms with E-state index >= 15 is 0 Å². The third kappa shape index (κ3) is 2.69. The Kier molecular flexibility index (Phi) is 3.84. The fraction of sp³-hybridized carbons (Fsp3) is 0.462. The highest BCUT2D eigenvalue weighted by Gasteiger charge is 2.26. The third-order valence-corrected chi connectivity index (χ3v) is 3.93. The number of likely N-dealkylation sites (tertiary alicyclic amines) is 1. The van der Waals surface area contributed by atoms with Gasteiger partial charge in [-0.15, -0.1) is 0 Å². The van der Waals surface area contributed by atoms with Crippen LogP contribution in [0.1, 0.15) is 22.3 Å². The minimum absolute atomic E-state index is 0.123. The van der Waals surface area contributed by atoms with E-state index in [0.717, 1.165) is 35.1 Å². The molecule has 1 unspecified atom stereocenters. The SMILES string of the molecule is CNC1CCN(C(=O)c2cc(C)ccc2Br)C1. The maximum absolute atomic E-state index is 12.3. The van der Waals surface area contributed by atoms with Gasteiger partial charge in [0.25, 0.3) is 5.91 Å². The predicted octanol–water partition coefficient (Wildman–Crippen LogP) is 2.19. The van der Waals surface area contributed by atoms with E-state index in [-0.39, 0.29) is 5.91 Å². The first-order valence-corrected chi connectivity index (χ1v) is 6.64. The standard InChI is InChI=1S/C13H17BrN2O/c1-9-3-4-12(14)11(7-9)13(17)16-6-5-10(8-16)15-2/h3-4,7,10,15H,5-6,8H2,1-2H3. The number of nitrogens with one attached hydrogen (secondary N) is 1. The zero-order valence-electron chi connectivity index (χ0n) is 10.2. The molecule has 0 saturated carbocycles. The Balaban J connectivity index is 2.17. The van der Waals surface area contributed by atoms with E-state index in [4.69, 9.17) is 0 Å². The Hall–Kier alpha value is -0.870. The predicted molar refractivity (Wildman–Crippen MR) is 72.2 cm³/mol. The molecule has 0 spiro atoms. The van der Waals surface area contributed by atoms with Crippen molar-refractivity contribution in [2.24, 2.45) is 0 Å². The number of nitrogens with zero attached hydrogens (tertiary/aromatic N) is 1. The molecular formula is C13H17BrN2O. The van der Waals surface area contributed by atoms with Crippen LogP contribution < -0.4 is 5.32 Å². The normalized spacial score (nSPS) is 19.7. The second-order valence-corrected chi connectivity index (χ2v) is 5.36. The number of rotatable bonds is 2. The van der Waals surface area contributed by atoms with Crippen molar-refractivity contribution in [3.05, 3.63) is 33.8 Å². The number of carbonyl (C=O) groups excluding carboxylic acids is 1. The summed E-state index contributed by atoms with van der Waals surface area (Å²) in [5, 5.41) is 3.22. The summed E-state index contributed by atoms with van der Waals surface area (Å²) in [5.74, 6) is 0.123. The van der Waals surface area contributed by atoms with Crippen LogP contribution in [0.4, 0.5) is 0 Å². The second kappa shape index (κ2) is 5.19. The van der Waals surface area contributed by atoms with Gasteiger partial charge >= 0.3 is 0 Å². The van der Waals surface area contributed by atoms with Gasteiger partial charge in [-0.3, -0.25) is 4.79 Å². The van der Waals surface area contributed by atoms with Crippen LogP contribution in [0.2, 0.25) is 0 Å². The number of hydrogen-bond donors (Lipinski definition) is 1. The summed E-state index contributed by atoms with van der Waals surface area (Å²) in [6.45, 7) is 3.64. The molecule has 1 aliphatic rings. The first-order chi connectivity index (χ1) is 8.11. The van der Waals surface area contributed by atoms with Crippen molar-refractivity contribution in [1.29, 1.82) is 0 Å². The molecular weight excluding hydrogens is 280 g/mol. The highest BCUT2D eigenvalue weighted by atomic mass is 79.9. The maximum Gasteiger partial charge on any atom is 0.255 e. The molecule has 0 aromatic heterocycles. The molecule has 17 heavy (non-hydrogen) atoms. The number of hydrogen-bond acceptors (Lipinski definition) is 2. The summed E-state index contributed by atoms with van der Waals surface area (Å²) in [6, 6.07) is 6.32. The van der Waals surface area contributed by atoms with Crippen LogP contribution in [0.15, 0.2) is 22.7 Å². The van der Waals surface area contributed by atoms with Gasteiger partial charge < -0.3 is 10.2 Å². The Morgan fingerprint density at radius 3 is 2.94 bits per heavy atom. The molecule has 92 valence electrons. The van der Waals surface area contributed by atoms with E-state index < -0.39 is 0 Å². The summed E-state index contributed by atoms with van der Waals surface area (Å²) in [6.07, 6.45) is 1.03. The second-order valence-electron chi connectivity index (χ2n) is 4.51. The highest BCUT2D eigenvalue weighted by Crippen LogP contribution is 2.22. The van der Waals surface area contributed by atoms with Crippen molar-refractivity contribution in [3.63, 3.8) is 0 Å². The average Bonchev–Trinajstić information content (AvgIpc) is 2.80. The Labute approximate surface area is 110 Å². The first-order valence-electron chi connectivity index (χ1n) is 5.84. The molecule has 1 heterocycles. The Morgan fingerprint density at radius 2 is 2.29 bits per heavy atom. The van der Waals surface area contributed by atoms with E-state index in [9.17, 15) is 4.79 Å². The van der Waals surface area contributed by atoms with Crippen LogP contribution in [0.25, 0.3) is 0 Å². The van der Waals surface area contributed by atoms with Crippen LogP contribution in [0.5, 0.6) is 0 Å². The van der Waals surface area contributed by atoms with Gasteiger partial charge in [-0.05, 0) is 48.5 Å². The summed E-state index contributed by atoms with van der Waals surface area (Å²) in [4.78, 5) is 14.3. The van der Waals surface area contributed by atoms with Crippen molar-refractivity contribution in [1.82, 2.24) is 10.2 Å². The Bertz CT molecular complexity index is 433. The number of aryl methyl sites for hydroxylation is 1. The minimum atomic E-state index is 0.123. The van der Waals surface area contributed by atoms with E-state index in [1.54, 1.807) is 0 Å².